The zero-order chi connectivity index (χ0) is 18.1. The van der Waals surface area contributed by atoms with Gasteiger partial charge in [-0.3, -0.25) is 4.79 Å². The summed E-state index contributed by atoms with van der Waals surface area (Å²) in [5.74, 6) is 1.16. The Hall–Kier alpha value is -2.62. The van der Waals surface area contributed by atoms with Crippen LogP contribution in [-0.2, 0) is 0 Å². The highest BCUT2D eigenvalue weighted by atomic mass is 16.5. The highest BCUT2D eigenvalue weighted by molar-refractivity contribution is 6.02. The number of hydrogen-bond acceptors (Lipinski definition) is 3. The molecule has 0 aliphatic heterocycles. The molecule has 2 aromatic carbocycles. The number of nitrogens with one attached hydrogen (secondary N) is 1. The number of nitrogens with zero attached hydrogens (tertiary/aromatic N) is 1. The van der Waals surface area contributed by atoms with Crippen molar-refractivity contribution >= 4 is 11.6 Å². The molecule has 0 atom stereocenters. The summed E-state index contributed by atoms with van der Waals surface area (Å²) in [5.41, 5.74) is 5.06. The number of hydrazone groups is 1. The van der Waals surface area contributed by atoms with E-state index in [1.165, 1.54) is 0 Å². The van der Waals surface area contributed by atoms with Crippen LogP contribution in [0.15, 0.2) is 59.7 Å². The van der Waals surface area contributed by atoms with Gasteiger partial charge in [-0.2, -0.15) is 5.10 Å². The second kappa shape index (κ2) is 9.62. The molecule has 0 saturated carbocycles. The fourth-order valence-electron chi connectivity index (χ4n) is 2.28. The molecule has 4 heteroatoms. The van der Waals surface area contributed by atoms with Crippen molar-refractivity contribution in [3.8, 4) is 5.75 Å². The van der Waals surface area contributed by atoms with Gasteiger partial charge in [-0.1, -0.05) is 51.1 Å². The minimum Gasteiger partial charge on any atom is -0.494 e. The maximum Gasteiger partial charge on any atom is 0.271 e. The standard InChI is InChI=1S/C21H26N2O2/c1-4-20(17-8-6-5-7-9-17)22-23-21(24)18-10-12-19(13-11-18)25-15-14-16(2)3/h5-13,16H,4,14-15H2,1-3H3,(H,23,24)/b22-20+. The van der Waals surface area contributed by atoms with Crippen molar-refractivity contribution in [3.05, 3.63) is 65.7 Å². The molecular weight excluding hydrogens is 312 g/mol. The van der Waals surface area contributed by atoms with Gasteiger partial charge in [0.2, 0.25) is 0 Å². The topological polar surface area (TPSA) is 50.7 Å². The lowest BCUT2D eigenvalue weighted by atomic mass is 10.1. The molecule has 0 aliphatic rings. The zero-order valence-electron chi connectivity index (χ0n) is 15.2. The molecule has 132 valence electrons. The Kier molecular flexibility index (Phi) is 7.20. The monoisotopic (exact) mass is 338 g/mol. The lowest BCUT2D eigenvalue weighted by Gasteiger charge is -2.09. The van der Waals surface area contributed by atoms with Gasteiger partial charge in [-0.25, -0.2) is 5.43 Å². The molecule has 1 N–H and O–H groups in total. The van der Waals surface area contributed by atoms with Crippen LogP contribution < -0.4 is 10.2 Å². The van der Waals surface area contributed by atoms with Gasteiger partial charge in [0.1, 0.15) is 5.75 Å². The van der Waals surface area contributed by atoms with E-state index in [1.54, 1.807) is 12.1 Å². The number of carbonyl (C=O) groups is 1. The third kappa shape index (κ3) is 6.07. The number of carbonyl (C=O) groups excluding carboxylic acids is 1. The van der Waals surface area contributed by atoms with E-state index >= 15 is 0 Å². The predicted octanol–water partition coefficient (Wildman–Crippen LogP) is 4.66. The largest absolute Gasteiger partial charge is 0.494 e. The number of hydrogen-bond donors (Lipinski definition) is 1. The Morgan fingerprint density at radius 1 is 1.04 bits per heavy atom. The average molecular weight is 338 g/mol. The minimum absolute atomic E-state index is 0.226. The third-order valence-corrected chi connectivity index (χ3v) is 3.81. The maximum absolute atomic E-state index is 12.3. The Balaban J connectivity index is 1.95. The lowest BCUT2D eigenvalue weighted by molar-refractivity contribution is 0.0955. The van der Waals surface area contributed by atoms with Crippen molar-refractivity contribution in [1.82, 2.24) is 5.43 Å². The van der Waals surface area contributed by atoms with E-state index in [1.807, 2.05) is 49.4 Å². The molecule has 0 unspecified atom stereocenters. The molecule has 0 heterocycles. The molecule has 2 rings (SSSR count). The van der Waals surface area contributed by atoms with E-state index in [-0.39, 0.29) is 5.91 Å². The van der Waals surface area contributed by atoms with Gasteiger partial charge in [0.15, 0.2) is 0 Å². The number of ether oxygens (including phenoxy) is 1. The number of rotatable bonds is 8. The van der Waals surface area contributed by atoms with Gasteiger partial charge in [0.05, 0.1) is 12.3 Å². The van der Waals surface area contributed by atoms with Crippen LogP contribution in [0.2, 0.25) is 0 Å². The Bertz CT molecular complexity index is 692. The first kappa shape index (κ1) is 18.7. The summed E-state index contributed by atoms with van der Waals surface area (Å²) < 4.78 is 5.67. The summed E-state index contributed by atoms with van der Waals surface area (Å²) in [6.45, 7) is 7.03. The molecule has 0 radical (unpaired) electrons. The highest BCUT2D eigenvalue weighted by Crippen LogP contribution is 2.13. The van der Waals surface area contributed by atoms with Gasteiger partial charge in [0.25, 0.3) is 5.91 Å². The molecule has 0 aromatic heterocycles. The molecule has 4 nitrogen and oxygen atoms in total. The van der Waals surface area contributed by atoms with Crippen LogP contribution in [0.25, 0.3) is 0 Å². The van der Waals surface area contributed by atoms with Crippen LogP contribution in [0.3, 0.4) is 0 Å². The second-order valence-electron chi connectivity index (χ2n) is 6.27. The summed E-state index contributed by atoms with van der Waals surface area (Å²) in [7, 11) is 0. The first-order chi connectivity index (χ1) is 12.1. The SMILES string of the molecule is CC/C(=N\NC(=O)c1ccc(OCCC(C)C)cc1)c1ccccc1. The van der Waals surface area contributed by atoms with Crippen molar-refractivity contribution in [2.24, 2.45) is 11.0 Å². The fraction of sp³-hybridized carbons (Fsp3) is 0.333. The maximum atomic E-state index is 12.3. The fourth-order valence-corrected chi connectivity index (χ4v) is 2.28. The zero-order valence-corrected chi connectivity index (χ0v) is 15.2. The van der Waals surface area contributed by atoms with Crippen molar-refractivity contribution in [1.29, 1.82) is 0 Å². The summed E-state index contributed by atoms with van der Waals surface area (Å²) >= 11 is 0. The molecule has 0 bridgehead atoms. The van der Waals surface area contributed by atoms with Crippen LogP contribution in [0.5, 0.6) is 5.75 Å². The van der Waals surface area contributed by atoms with Crippen LogP contribution in [0.4, 0.5) is 0 Å². The summed E-state index contributed by atoms with van der Waals surface area (Å²) in [5, 5.41) is 4.27. The van der Waals surface area contributed by atoms with E-state index < -0.39 is 0 Å². The first-order valence-corrected chi connectivity index (χ1v) is 8.75. The van der Waals surface area contributed by atoms with E-state index in [9.17, 15) is 4.79 Å². The smallest absolute Gasteiger partial charge is 0.271 e. The number of amides is 1. The van der Waals surface area contributed by atoms with Crippen molar-refractivity contribution in [3.63, 3.8) is 0 Å². The summed E-state index contributed by atoms with van der Waals surface area (Å²) in [4.78, 5) is 12.3. The van der Waals surface area contributed by atoms with Crippen LogP contribution in [-0.4, -0.2) is 18.2 Å². The first-order valence-electron chi connectivity index (χ1n) is 8.75. The predicted molar refractivity (Wildman–Crippen MR) is 102 cm³/mol. The quantitative estimate of drug-likeness (QED) is 0.562. The van der Waals surface area contributed by atoms with Crippen LogP contribution >= 0.6 is 0 Å². The molecule has 2 aromatic rings. The third-order valence-electron chi connectivity index (χ3n) is 3.81. The van der Waals surface area contributed by atoms with Crippen molar-refractivity contribution in [2.75, 3.05) is 6.61 Å². The second-order valence-corrected chi connectivity index (χ2v) is 6.27. The molecular formula is C21H26N2O2. The molecule has 1 amide bonds. The lowest BCUT2D eigenvalue weighted by Crippen LogP contribution is -2.20. The van der Waals surface area contributed by atoms with E-state index in [2.05, 4.69) is 24.4 Å². The number of benzene rings is 2. The van der Waals surface area contributed by atoms with E-state index in [0.717, 1.165) is 29.9 Å². The van der Waals surface area contributed by atoms with E-state index in [4.69, 9.17) is 4.74 Å². The average Bonchev–Trinajstić information content (AvgIpc) is 2.63. The van der Waals surface area contributed by atoms with Crippen molar-refractivity contribution in [2.45, 2.75) is 33.6 Å². The highest BCUT2D eigenvalue weighted by Gasteiger charge is 2.06. The van der Waals surface area contributed by atoms with Gasteiger partial charge >= 0.3 is 0 Å². The van der Waals surface area contributed by atoms with Crippen molar-refractivity contribution < 1.29 is 9.53 Å². The van der Waals surface area contributed by atoms with Gasteiger partial charge in [0, 0.05) is 5.56 Å². The summed E-state index contributed by atoms with van der Waals surface area (Å²) in [6.07, 6.45) is 1.75. The molecule has 0 spiro atoms. The van der Waals surface area contributed by atoms with Gasteiger partial charge in [-0.05, 0) is 48.6 Å². The van der Waals surface area contributed by atoms with Gasteiger partial charge in [-0.15, -0.1) is 0 Å². The van der Waals surface area contributed by atoms with Crippen LogP contribution in [0.1, 0.15) is 49.5 Å². The Morgan fingerprint density at radius 3 is 2.32 bits per heavy atom. The minimum atomic E-state index is -0.226. The summed E-state index contributed by atoms with van der Waals surface area (Å²) in [6, 6.07) is 17.0. The molecule has 0 fully saturated rings. The van der Waals surface area contributed by atoms with Crippen LogP contribution in [0, 0.1) is 5.92 Å². The Morgan fingerprint density at radius 2 is 1.72 bits per heavy atom. The molecule has 25 heavy (non-hydrogen) atoms. The molecule has 0 saturated heterocycles. The molecule has 0 aliphatic carbocycles. The van der Waals surface area contributed by atoms with Gasteiger partial charge < -0.3 is 4.74 Å². The normalized spacial score (nSPS) is 11.4. The van der Waals surface area contributed by atoms with E-state index in [0.29, 0.717) is 18.1 Å². The Labute approximate surface area is 149 Å².